The molecule has 1 atom stereocenters. The van der Waals surface area contributed by atoms with Gasteiger partial charge in [0, 0.05) is 38.1 Å². The minimum Gasteiger partial charge on any atom is -0.381 e. The SMILES string of the molecule is CC(NCc1cc(=O)n2ccccc2n1)C1CCOCC1. The Morgan fingerprint density at radius 1 is 1.43 bits per heavy atom. The Balaban J connectivity index is 1.69. The van der Waals surface area contributed by atoms with Crippen LogP contribution in [0.3, 0.4) is 0 Å². The molecule has 0 amide bonds. The van der Waals surface area contributed by atoms with Crippen molar-refractivity contribution in [2.45, 2.75) is 32.4 Å². The number of aromatic nitrogens is 2. The van der Waals surface area contributed by atoms with E-state index in [1.54, 1.807) is 16.7 Å². The highest BCUT2D eigenvalue weighted by molar-refractivity contribution is 5.37. The van der Waals surface area contributed by atoms with Crippen LogP contribution in [0.15, 0.2) is 35.3 Å². The van der Waals surface area contributed by atoms with Crippen LogP contribution in [0.5, 0.6) is 0 Å². The van der Waals surface area contributed by atoms with Crippen LogP contribution in [0, 0.1) is 5.92 Å². The minimum absolute atomic E-state index is 0.0314. The summed E-state index contributed by atoms with van der Waals surface area (Å²) in [5.41, 5.74) is 1.46. The molecule has 1 N–H and O–H groups in total. The zero-order valence-electron chi connectivity index (χ0n) is 12.3. The number of hydrogen-bond acceptors (Lipinski definition) is 4. The van der Waals surface area contributed by atoms with Crippen LogP contribution in [0.25, 0.3) is 5.65 Å². The third kappa shape index (κ3) is 3.31. The largest absolute Gasteiger partial charge is 0.381 e. The van der Waals surface area contributed by atoms with Gasteiger partial charge in [0.15, 0.2) is 0 Å². The molecule has 1 aliphatic heterocycles. The van der Waals surface area contributed by atoms with Gasteiger partial charge in [-0.25, -0.2) is 4.98 Å². The van der Waals surface area contributed by atoms with Gasteiger partial charge in [-0.1, -0.05) is 6.07 Å². The zero-order chi connectivity index (χ0) is 14.7. The first-order valence-corrected chi connectivity index (χ1v) is 7.52. The summed E-state index contributed by atoms with van der Waals surface area (Å²) in [4.78, 5) is 16.6. The van der Waals surface area contributed by atoms with Crippen LogP contribution in [-0.4, -0.2) is 28.6 Å². The molecule has 5 heteroatoms. The summed E-state index contributed by atoms with van der Waals surface area (Å²) in [6, 6.07) is 7.60. The van der Waals surface area contributed by atoms with Crippen molar-refractivity contribution in [3.8, 4) is 0 Å². The molecule has 0 bridgehead atoms. The van der Waals surface area contributed by atoms with Crippen molar-refractivity contribution in [1.29, 1.82) is 0 Å². The van der Waals surface area contributed by atoms with Gasteiger partial charge in [0.2, 0.25) is 0 Å². The molecule has 1 unspecified atom stereocenters. The molecule has 1 fully saturated rings. The molecular weight excluding hydrogens is 266 g/mol. The maximum absolute atomic E-state index is 12.0. The number of ether oxygens (including phenoxy) is 1. The molecular formula is C16H21N3O2. The standard InChI is InChI=1S/C16H21N3O2/c1-12(13-5-8-21-9-6-13)17-11-14-10-16(20)19-7-3-2-4-15(19)18-14/h2-4,7,10,12-13,17H,5-6,8-9,11H2,1H3. The fourth-order valence-corrected chi connectivity index (χ4v) is 2.84. The zero-order valence-corrected chi connectivity index (χ0v) is 12.3. The predicted molar refractivity (Wildman–Crippen MR) is 81.3 cm³/mol. The number of nitrogens with zero attached hydrogens (tertiary/aromatic N) is 2. The maximum Gasteiger partial charge on any atom is 0.258 e. The fourth-order valence-electron chi connectivity index (χ4n) is 2.84. The molecule has 0 aliphatic carbocycles. The van der Waals surface area contributed by atoms with Gasteiger partial charge in [0.1, 0.15) is 5.65 Å². The summed E-state index contributed by atoms with van der Waals surface area (Å²) < 4.78 is 6.95. The van der Waals surface area contributed by atoms with Crippen molar-refractivity contribution in [2.24, 2.45) is 5.92 Å². The number of nitrogens with one attached hydrogen (secondary N) is 1. The molecule has 2 aromatic heterocycles. The summed E-state index contributed by atoms with van der Waals surface area (Å²) in [7, 11) is 0. The van der Waals surface area contributed by atoms with E-state index < -0.39 is 0 Å². The number of hydrogen-bond donors (Lipinski definition) is 1. The van der Waals surface area contributed by atoms with Gasteiger partial charge in [0.05, 0.1) is 5.69 Å². The summed E-state index contributed by atoms with van der Waals surface area (Å²) in [6.07, 6.45) is 3.94. The second kappa shape index (κ2) is 6.37. The average molecular weight is 287 g/mol. The average Bonchev–Trinajstić information content (AvgIpc) is 2.53. The Hall–Kier alpha value is -1.72. The number of pyridine rings is 1. The van der Waals surface area contributed by atoms with E-state index in [0.717, 1.165) is 31.7 Å². The van der Waals surface area contributed by atoms with Gasteiger partial charge in [-0.05, 0) is 37.8 Å². The van der Waals surface area contributed by atoms with Gasteiger partial charge in [-0.2, -0.15) is 0 Å². The van der Waals surface area contributed by atoms with E-state index in [2.05, 4.69) is 17.2 Å². The van der Waals surface area contributed by atoms with Gasteiger partial charge in [-0.3, -0.25) is 9.20 Å². The van der Waals surface area contributed by atoms with E-state index in [1.165, 1.54) is 0 Å². The second-order valence-electron chi connectivity index (χ2n) is 5.63. The van der Waals surface area contributed by atoms with Gasteiger partial charge < -0.3 is 10.1 Å². The lowest BCUT2D eigenvalue weighted by Gasteiger charge is -2.28. The van der Waals surface area contributed by atoms with E-state index in [9.17, 15) is 4.79 Å². The van der Waals surface area contributed by atoms with Crippen molar-refractivity contribution in [3.05, 3.63) is 46.5 Å². The monoisotopic (exact) mass is 287 g/mol. The van der Waals surface area contributed by atoms with E-state index in [0.29, 0.717) is 24.2 Å². The summed E-state index contributed by atoms with van der Waals surface area (Å²) in [5.74, 6) is 0.639. The van der Waals surface area contributed by atoms with Gasteiger partial charge in [0.25, 0.3) is 5.56 Å². The molecule has 3 rings (SSSR count). The Labute approximate surface area is 124 Å². The van der Waals surface area contributed by atoms with E-state index in [4.69, 9.17) is 4.74 Å². The summed E-state index contributed by atoms with van der Waals surface area (Å²) in [5, 5.41) is 3.49. The highest BCUT2D eigenvalue weighted by Gasteiger charge is 2.20. The minimum atomic E-state index is -0.0314. The van der Waals surface area contributed by atoms with Crippen LogP contribution >= 0.6 is 0 Å². The van der Waals surface area contributed by atoms with Crippen molar-refractivity contribution in [1.82, 2.24) is 14.7 Å². The topological polar surface area (TPSA) is 55.6 Å². The number of rotatable bonds is 4. The van der Waals surface area contributed by atoms with Crippen LogP contribution in [0.2, 0.25) is 0 Å². The Morgan fingerprint density at radius 2 is 2.24 bits per heavy atom. The third-order valence-electron chi connectivity index (χ3n) is 4.20. The van der Waals surface area contributed by atoms with Crippen LogP contribution in [0.4, 0.5) is 0 Å². The molecule has 1 aliphatic rings. The van der Waals surface area contributed by atoms with Crippen LogP contribution < -0.4 is 10.9 Å². The van der Waals surface area contributed by atoms with E-state index >= 15 is 0 Å². The van der Waals surface area contributed by atoms with Gasteiger partial charge in [-0.15, -0.1) is 0 Å². The highest BCUT2D eigenvalue weighted by atomic mass is 16.5. The molecule has 0 saturated carbocycles. The Kier molecular flexibility index (Phi) is 4.31. The summed E-state index contributed by atoms with van der Waals surface area (Å²) >= 11 is 0. The third-order valence-corrected chi connectivity index (χ3v) is 4.20. The Morgan fingerprint density at radius 3 is 3.05 bits per heavy atom. The molecule has 112 valence electrons. The first-order valence-electron chi connectivity index (χ1n) is 7.52. The molecule has 5 nitrogen and oxygen atoms in total. The lowest BCUT2D eigenvalue weighted by atomic mass is 9.93. The molecule has 0 spiro atoms. The quantitative estimate of drug-likeness (QED) is 0.928. The molecule has 1 saturated heterocycles. The van der Waals surface area contributed by atoms with E-state index in [-0.39, 0.29) is 5.56 Å². The Bertz CT molecular complexity index is 662. The van der Waals surface area contributed by atoms with Crippen molar-refractivity contribution in [2.75, 3.05) is 13.2 Å². The summed E-state index contributed by atoms with van der Waals surface area (Å²) in [6.45, 7) is 4.53. The first kappa shape index (κ1) is 14.2. The lowest BCUT2D eigenvalue weighted by molar-refractivity contribution is 0.0557. The normalized spacial score (nSPS) is 18.0. The molecule has 21 heavy (non-hydrogen) atoms. The predicted octanol–water partition coefficient (Wildman–Crippen LogP) is 1.60. The number of fused-ring (bicyclic) bond motifs is 1. The fraction of sp³-hybridized carbons (Fsp3) is 0.500. The van der Waals surface area contributed by atoms with Crippen molar-refractivity contribution >= 4 is 5.65 Å². The van der Waals surface area contributed by atoms with Crippen LogP contribution in [0.1, 0.15) is 25.5 Å². The second-order valence-corrected chi connectivity index (χ2v) is 5.63. The molecule has 3 heterocycles. The lowest BCUT2D eigenvalue weighted by Crippen LogP contribution is -2.36. The smallest absolute Gasteiger partial charge is 0.258 e. The van der Waals surface area contributed by atoms with Gasteiger partial charge >= 0.3 is 0 Å². The first-order chi connectivity index (χ1) is 10.2. The van der Waals surface area contributed by atoms with Crippen LogP contribution in [-0.2, 0) is 11.3 Å². The highest BCUT2D eigenvalue weighted by Crippen LogP contribution is 2.18. The maximum atomic E-state index is 12.0. The van der Waals surface area contributed by atoms with Crippen molar-refractivity contribution < 1.29 is 4.74 Å². The molecule has 0 aromatic carbocycles. The molecule has 0 radical (unpaired) electrons. The van der Waals surface area contributed by atoms with Crippen molar-refractivity contribution in [3.63, 3.8) is 0 Å². The van der Waals surface area contributed by atoms with E-state index in [1.807, 2.05) is 18.2 Å². The molecule has 2 aromatic rings.